The topological polar surface area (TPSA) is 59.4 Å². The molecule has 1 aromatic heterocycles. The van der Waals surface area contributed by atoms with Gasteiger partial charge in [-0.3, -0.25) is 4.79 Å². The minimum absolute atomic E-state index is 0.261. The summed E-state index contributed by atoms with van der Waals surface area (Å²) in [6.45, 7) is 0.766. The molecule has 0 amide bonds. The van der Waals surface area contributed by atoms with E-state index in [0.29, 0.717) is 23.9 Å². The number of halogens is 1. The Kier molecular flexibility index (Phi) is 2.95. The number of carbonyl (C=O) groups is 1. The summed E-state index contributed by atoms with van der Waals surface area (Å²) in [6.07, 6.45) is 0.934. The van der Waals surface area contributed by atoms with Crippen LogP contribution in [0.5, 0.6) is 0 Å². The zero-order valence-electron chi connectivity index (χ0n) is 7.90. The van der Waals surface area contributed by atoms with E-state index in [1.54, 1.807) is 5.38 Å². The van der Waals surface area contributed by atoms with Crippen LogP contribution in [0.15, 0.2) is 5.38 Å². The molecule has 2 heterocycles. The molecule has 15 heavy (non-hydrogen) atoms. The molecule has 1 N–H and O–H groups in total. The third-order valence-corrected chi connectivity index (χ3v) is 3.63. The summed E-state index contributed by atoms with van der Waals surface area (Å²) < 4.78 is 5.61. The molecule has 82 valence electrons. The molecule has 1 saturated heterocycles. The molecule has 0 bridgehead atoms. The van der Waals surface area contributed by atoms with E-state index in [9.17, 15) is 9.90 Å². The Balaban J connectivity index is 2.17. The first-order valence-corrected chi connectivity index (χ1v) is 5.79. The second-order valence-electron chi connectivity index (χ2n) is 3.66. The molecular weight excluding hydrogens is 238 g/mol. The normalized spacial score (nSPS) is 25.7. The van der Waals surface area contributed by atoms with Crippen LogP contribution in [0, 0.1) is 5.41 Å². The maximum absolute atomic E-state index is 11.2. The van der Waals surface area contributed by atoms with E-state index in [4.69, 9.17) is 16.3 Å². The molecule has 0 aliphatic carbocycles. The Morgan fingerprint density at radius 1 is 1.80 bits per heavy atom. The lowest BCUT2D eigenvalue weighted by Crippen LogP contribution is -2.33. The number of rotatable bonds is 3. The van der Waals surface area contributed by atoms with Gasteiger partial charge < -0.3 is 9.84 Å². The summed E-state index contributed by atoms with van der Waals surface area (Å²) in [5.74, 6) is -0.816. The lowest BCUT2D eigenvalue weighted by Gasteiger charge is -2.20. The number of carboxylic acids is 1. The van der Waals surface area contributed by atoms with Crippen LogP contribution in [0.4, 0.5) is 0 Å². The quantitative estimate of drug-likeness (QED) is 0.885. The minimum atomic E-state index is -0.816. The molecule has 0 saturated carbocycles. The summed E-state index contributed by atoms with van der Waals surface area (Å²) in [5, 5.41) is 11.0. The Bertz CT molecular complexity index is 373. The Morgan fingerprint density at radius 3 is 3.07 bits per heavy atom. The Morgan fingerprint density at radius 2 is 2.60 bits per heavy atom. The number of aliphatic carboxylic acids is 1. The third kappa shape index (κ3) is 2.14. The zero-order chi connectivity index (χ0) is 10.9. The van der Waals surface area contributed by atoms with E-state index >= 15 is 0 Å². The predicted molar refractivity (Wildman–Crippen MR) is 56.3 cm³/mol. The highest BCUT2D eigenvalue weighted by atomic mass is 35.5. The predicted octanol–water partition coefficient (Wildman–Crippen LogP) is 1.83. The monoisotopic (exact) mass is 247 g/mol. The van der Waals surface area contributed by atoms with Crippen LogP contribution in [-0.4, -0.2) is 29.3 Å². The molecule has 1 aromatic rings. The molecule has 1 aliphatic rings. The van der Waals surface area contributed by atoms with Crippen LogP contribution in [0.2, 0.25) is 4.47 Å². The van der Waals surface area contributed by atoms with Gasteiger partial charge >= 0.3 is 5.97 Å². The summed E-state index contributed by atoms with van der Waals surface area (Å²) in [5.41, 5.74) is -0.0740. The highest BCUT2D eigenvalue weighted by Crippen LogP contribution is 2.33. The van der Waals surface area contributed by atoms with Gasteiger partial charge in [0.25, 0.3) is 0 Å². The van der Waals surface area contributed by atoms with Crippen LogP contribution in [-0.2, 0) is 16.0 Å². The van der Waals surface area contributed by atoms with Crippen LogP contribution in [0.25, 0.3) is 0 Å². The summed E-state index contributed by atoms with van der Waals surface area (Å²) >= 11 is 7.02. The molecule has 1 fully saturated rings. The van der Waals surface area contributed by atoms with Gasteiger partial charge in [0.2, 0.25) is 0 Å². The molecule has 0 radical (unpaired) electrons. The van der Waals surface area contributed by atoms with Gasteiger partial charge in [-0.25, -0.2) is 4.98 Å². The van der Waals surface area contributed by atoms with Gasteiger partial charge in [-0.05, 0) is 6.42 Å². The summed E-state index contributed by atoms with van der Waals surface area (Å²) in [7, 11) is 0. The lowest BCUT2D eigenvalue weighted by atomic mass is 9.83. The van der Waals surface area contributed by atoms with Crippen molar-refractivity contribution in [1.82, 2.24) is 4.98 Å². The standard InChI is InChI=1S/C9H10ClNO3S/c10-8-11-6(4-15-8)3-9(7(12)13)1-2-14-5-9/h4H,1-3,5H2,(H,12,13). The van der Waals surface area contributed by atoms with Crippen molar-refractivity contribution in [2.45, 2.75) is 12.8 Å². The second-order valence-corrected chi connectivity index (χ2v) is 5.10. The fourth-order valence-corrected chi connectivity index (χ4v) is 2.48. The van der Waals surface area contributed by atoms with Crippen molar-refractivity contribution < 1.29 is 14.6 Å². The van der Waals surface area contributed by atoms with Gasteiger partial charge in [-0.15, -0.1) is 11.3 Å². The number of hydrogen-bond acceptors (Lipinski definition) is 4. The molecule has 4 nitrogen and oxygen atoms in total. The van der Waals surface area contributed by atoms with E-state index in [1.807, 2.05) is 0 Å². The SMILES string of the molecule is O=C(O)C1(Cc2csc(Cl)n2)CCOC1. The number of hydrogen-bond donors (Lipinski definition) is 1. The van der Waals surface area contributed by atoms with Crippen molar-refractivity contribution in [1.29, 1.82) is 0 Å². The maximum atomic E-state index is 11.2. The number of aromatic nitrogens is 1. The molecule has 0 aromatic carbocycles. The Labute approximate surface area is 95.8 Å². The number of carboxylic acid groups (broad SMARTS) is 1. The average Bonchev–Trinajstić information content (AvgIpc) is 2.77. The molecule has 0 spiro atoms. The van der Waals surface area contributed by atoms with Crippen molar-refractivity contribution in [3.05, 3.63) is 15.5 Å². The van der Waals surface area contributed by atoms with Crippen molar-refractivity contribution in [3.8, 4) is 0 Å². The molecule has 6 heteroatoms. The van der Waals surface area contributed by atoms with Gasteiger partial charge in [0.15, 0.2) is 4.47 Å². The fourth-order valence-electron chi connectivity index (χ4n) is 1.70. The summed E-state index contributed by atoms with van der Waals surface area (Å²) in [6, 6.07) is 0. The minimum Gasteiger partial charge on any atom is -0.481 e. The average molecular weight is 248 g/mol. The number of thiazole rings is 1. The maximum Gasteiger partial charge on any atom is 0.312 e. The van der Waals surface area contributed by atoms with Crippen LogP contribution >= 0.6 is 22.9 Å². The number of nitrogens with zero attached hydrogens (tertiary/aromatic N) is 1. The highest BCUT2D eigenvalue weighted by Gasteiger charge is 2.43. The first-order chi connectivity index (χ1) is 7.12. The first kappa shape index (κ1) is 10.9. The molecular formula is C9H10ClNO3S. The van der Waals surface area contributed by atoms with E-state index < -0.39 is 11.4 Å². The lowest BCUT2D eigenvalue weighted by molar-refractivity contribution is -0.148. The van der Waals surface area contributed by atoms with Crippen LogP contribution in [0.1, 0.15) is 12.1 Å². The van der Waals surface area contributed by atoms with Crippen molar-refractivity contribution in [2.75, 3.05) is 13.2 Å². The third-order valence-electron chi connectivity index (χ3n) is 2.60. The van der Waals surface area contributed by atoms with Crippen molar-refractivity contribution in [2.24, 2.45) is 5.41 Å². The van der Waals surface area contributed by atoms with E-state index in [2.05, 4.69) is 4.98 Å². The van der Waals surface area contributed by atoms with Crippen LogP contribution in [0.3, 0.4) is 0 Å². The summed E-state index contributed by atoms with van der Waals surface area (Å²) in [4.78, 5) is 15.3. The van der Waals surface area contributed by atoms with E-state index in [-0.39, 0.29) is 6.61 Å². The number of ether oxygens (including phenoxy) is 1. The zero-order valence-corrected chi connectivity index (χ0v) is 9.48. The van der Waals surface area contributed by atoms with Crippen molar-refractivity contribution in [3.63, 3.8) is 0 Å². The second kappa shape index (κ2) is 4.08. The largest absolute Gasteiger partial charge is 0.481 e. The molecule has 1 aliphatic heterocycles. The van der Waals surface area contributed by atoms with Gasteiger partial charge in [0.1, 0.15) is 0 Å². The van der Waals surface area contributed by atoms with Crippen LogP contribution < -0.4 is 0 Å². The fraction of sp³-hybridized carbons (Fsp3) is 0.556. The van der Waals surface area contributed by atoms with E-state index in [1.165, 1.54) is 11.3 Å². The molecule has 1 unspecified atom stereocenters. The smallest absolute Gasteiger partial charge is 0.312 e. The van der Waals surface area contributed by atoms with Crippen molar-refractivity contribution >= 4 is 28.9 Å². The van der Waals surface area contributed by atoms with Gasteiger partial charge in [0.05, 0.1) is 17.7 Å². The van der Waals surface area contributed by atoms with Gasteiger partial charge in [-0.1, -0.05) is 11.6 Å². The molecule has 1 atom stereocenters. The first-order valence-electron chi connectivity index (χ1n) is 4.53. The van der Waals surface area contributed by atoms with E-state index in [0.717, 1.165) is 5.69 Å². The Hall–Kier alpha value is -0.650. The molecule has 2 rings (SSSR count). The van der Waals surface area contributed by atoms with Gasteiger partial charge in [-0.2, -0.15) is 0 Å². The van der Waals surface area contributed by atoms with Gasteiger partial charge in [0, 0.05) is 18.4 Å². The highest BCUT2D eigenvalue weighted by molar-refractivity contribution is 7.13.